The van der Waals surface area contributed by atoms with E-state index in [2.05, 4.69) is 27.8 Å². The smallest absolute Gasteiger partial charge is 0.343 e. The van der Waals surface area contributed by atoms with E-state index in [4.69, 9.17) is 28.7 Å². The first-order valence-corrected chi connectivity index (χ1v) is 14.0. The molecule has 9 nitrogen and oxygen atoms in total. The predicted molar refractivity (Wildman–Crippen MR) is 154 cm³/mol. The van der Waals surface area contributed by atoms with E-state index in [1.807, 2.05) is 60.7 Å². The molecule has 10 heteroatoms. The van der Waals surface area contributed by atoms with E-state index in [-0.39, 0.29) is 12.7 Å². The Labute approximate surface area is 241 Å². The van der Waals surface area contributed by atoms with Crippen molar-refractivity contribution in [1.29, 1.82) is 0 Å². The number of aromatic nitrogens is 4. The Hall–Kier alpha value is -4.70. The zero-order valence-corrected chi connectivity index (χ0v) is 23.3. The molecule has 0 amide bonds. The molecule has 0 saturated heterocycles. The zero-order valence-electron chi connectivity index (χ0n) is 21.7. The zero-order chi connectivity index (χ0) is 27.7. The molecule has 41 heavy (non-hydrogen) atoms. The summed E-state index contributed by atoms with van der Waals surface area (Å²) in [5, 5.41) is 5.44. The molecule has 2 atom stereocenters. The summed E-state index contributed by atoms with van der Waals surface area (Å²) < 4.78 is 25.9. The minimum atomic E-state index is -0.445. The molecule has 3 aromatic heterocycles. The highest BCUT2D eigenvalue weighted by molar-refractivity contribution is 9.10. The van der Waals surface area contributed by atoms with Crippen LogP contribution in [0, 0.1) is 5.92 Å². The van der Waals surface area contributed by atoms with Crippen LogP contribution in [-0.4, -0.2) is 26.4 Å². The predicted octanol–water partition coefficient (Wildman–Crippen LogP) is 6.51. The molecule has 0 radical (unpaired) electrons. The molecule has 0 saturated carbocycles. The SMILES string of the molecule is CC(Cc1ccc2c(c1)OCO2)C1c2c(c3ccccc3oc2=O)Oc2ncn3nc(-c4ccccc4Br)nc3c21. The molecule has 6 aromatic rings. The fourth-order valence-corrected chi connectivity index (χ4v) is 6.31. The molecule has 202 valence electrons. The van der Waals surface area contributed by atoms with Crippen LogP contribution < -0.4 is 19.8 Å². The summed E-state index contributed by atoms with van der Waals surface area (Å²) in [7, 11) is 0. The molecule has 0 bridgehead atoms. The van der Waals surface area contributed by atoms with Crippen LogP contribution >= 0.6 is 15.9 Å². The number of ether oxygens (including phenoxy) is 3. The molecular weight excluding hydrogens is 588 g/mol. The van der Waals surface area contributed by atoms with E-state index in [9.17, 15) is 4.79 Å². The van der Waals surface area contributed by atoms with Gasteiger partial charge in [-0.05, 0) is 54.3 Å². The first kappa shape index (κ1) is 24.1. The average molecular weight is 609 g/mol. The lowest BCUT2D eigenvalue weighted by molar-refractivity contribution is 0.174. The number of benzene rings is 3. The van der Waals surface area contributed by atoms with Crippen molar-refractivity contribution in [3.8, 4) is 34.5 Å². The van der Waals surface area contributed by atoms with Gasteiger partial charge in [-0.3, -0.25) is 0 Å². The minimum absolute atomic E-state index is 0.0857. The van der Waals surface area contributed by atoms with Crippen molar-refractivity contribution >= 4 is 32.5 Å². The Balaban J connectivity index is 1.34. The number of rotatable bonds is 4. The fourth-order valence-electron chi connectivity index (χ4n) is 5.85. The second kappa shape index (κ2) is 9.17. The van der Waals surface area contributed by atoms with Gasteiger partial charge in [-0.25, -0.2) is 19.3 Å². The Morgan fingerprint density at radius 1 is 1.02 bits per heavy atom. The van der Waals surface area contributed by atoms with Crippen molar-refractivity contribution in [3.05, 3.63) is 105 Å². The molecule has 0 spiro atoms. The second-order valence-corrected chi connectivity index (χ2v) is 11.1. The highest BCUT2D eigenvalue weighted by Crippen LogP contribution is 2.50. The Bertz CT molecular complexity index is 2070. The second-order valence-electron chi connectivity index (χ2n) is 10.2. The summed E-state index contributed by atoms with van der Waals surface area (Å²) in [6.07, 6.45) is 2.23. The van der Waals surface area contributed by atoms with E-state index >= 15 is 0 Å². The molecule has 2 aliphatic heterocycles. The first-order valence-electron chi connectivity index (χ1n) is 13.2. The monoisotopic (exact) mass is 608 g/mol. The van der Waals surface area contributed by atoms with Gasteiger partial charge in [0, 0.05) is 16.0 Å². The number of nitrogens with zero attached hydrogens (tertiary/aromatic N) is 4. The summed E-state index contributed by atoms with van der Waals surface area (Å²) in [6.45, 7) is 2.32. The van der Waals surface area contributed by atoms with Crippen LogP contribution in [0.5, 0.6) is 23.1 Å². The average Bonchev–Trinajstić information content (AvgIpc) is 3.63. The summed E-state index contributed by atoms with van der Waals surface area (Å²) in [4.78, 5) is 23.3. The Kier molecular flexibility index (Phi) is 5.40. The van der Waals surface area contributed by atoms with Gasteiger partial charge in [-0.1, -0.05) is 53.2 Å². The van der Waals surface area contributed by atoms with Crippen molar-refractivity contribution in [2.24, 2.45) is 5.92 Å². The van der Waals surface area contributed by atoms with Crippen LogP contribution in [0.25, 0.3) is 28.0 Å². The number of hydrogen-bond acceptors (Lipinski definition) is 8. The van der Waals surface area contributed by atoms with E-state index in [1.54, 1.807) is 16.9 Å². The van der Waals surface area contributed by atoms with Crippen LogP contribution in [0.3, 0.4) is 0 Å². The lowest BCUT2D eigenvalue weighted by atomic mass is 9.78. The largest absolute Gasteiger partial charge is 0.454 e. The first-order chi connectivity index (χ1) is 20.0. The van der Waals surface area contributed by atoms with Gasteiger partial charge in [-0.2, -0.15) is 0 Å². The third kappa shape index (κ3) is 3.81. The van der Waals surface area contributed by atoms with Crippen molar-refractivity contribution in [2.45, 2.75) is 19.3 Å². The highest BCUT2D eigenvalue weighted by atomic mass is 79.9. The van der Waals surface area contributed by atoms with Gasteiger partial charge in [0.25, 0.3) is 0 Å². The maximum Gasteiger partial charge on any atom is 0.343 e. The quantitative estimate of drug-likeness (QED) is 0.209. The summed E-state index contributed by atoms with van der Waals surface area (Å²) in [5.74, 6) is 2.32. The van der Waals surface area contributed by atoms with Gasteiger partial charge >= 0.3 is 5.63 Å². The van der Waals surface area contributed by atoms with Gasteiger partial charge in [0.05, 0.1) is 16.5 Å². The summed E-state index contributed by atoms with van der Waals surface area (Å²) >= 11 is 3.61. The summed E-state index contributed by atoms with van der Waals surface area (Å²) in [5.41, 5.74) is 3.63. The number of halogens is 1. The maximum absolute atomic E-state index is 13.7. The lowest BCUT2D eigenvalue weighted by Gasteiger charge is -2.31. The number of fused-ring (bicyclic) bond motifs is 7. The normalized spacial score (nSPS) is 15.9. The molecule has 2 aliphatic rings. The molecule has 5 heterocycles. The highest BCUT2D eigenvalue weighted by Gasteiger charge is 2.39. The van der Waals surface area contributed by atoms with Crippen molar-refractivity contribution in [3.63, 3.8) is 0 Å². The molecule has 0 fully saturated rings. The van der Waals surface area contributed by atoms with Crippen molar-refractivity contribution in [2.75, 3.05) is 6.79 Å². The topological polar surface area (TPSA) is 101 Å². The van der Waals surface area contributed by atoms with E-state index in [1.165, 1.54) is 0 Å². The Morgan fingerprint density at radius 2 is 1.85 bits per heavy atom. The third-order valence-electron chi connectivity index (χ3n) is 7.69. The lowest BCUT2D eigenvalue weighted by Crippen LogP contribution is -2.26. The van der Waals surface area contributed by atoms with Crippen LogP contribution in [0.4, 0.5) is 0 Å². The van der Waals surface area contributed by atoms with Crippen LogP contribution in [0.15, 0.2) is 86.7 Å². The van der Waals surface area contributed by atoms with Gasteiger partial charge < -0.3 is 18.6 Å². The molecule has 3 aromatic carbocycles. The van der Waals surface area contributed by atoms with E-state index in [0.29, 0.717) is 57.4 Å². The van der Waals surface area contributed by atoms with E-state index < -0.39 is 11.5 Å². The van der Waals surface area contributed by atoms with E-state index in [0.717, 1.165) is 21.3 Å². The molecular formula is C31H21BrN4O5. The summed E-state index contributed by atoms with van der Waals surface area (Å²) in [6, 6.07) is 21.1. The third-order valence-corrected chi connectivity index (χ3v) is 8.38. The fraction of sp³-hybridized carbons (Fsp3) is 0.161. The van der Waals surface area contributed by atoms with Crippen molar-refractivity contribution in [1.82, 2.24) is 19.6 Å². The molecule has 0 aliphatic carbocycles. The minimum Gasteiger partial charge on any atom is -0.454 e. The Morgan fingerprint density at radius 3 is 2.76 bits per heavy atom. The van der Waals surface area contributed by atoms with Crippen molar-refractivity contribution < 1.29 is 18.6 Å². The van der Waals surface area contributed by atoms with Gasteiger partial charge in [0.15, 0.2) is 28.7 Å². The van der Waals surface area contributed by atoms with Crippen LogP contribution in [0.2, 0.25) is 0 Å². The molecule has 0 N–H and O–H groups in total. The standard InChI is InChI=1S/C31H21BrN4O5/c1-16(12-17-10-11-22-23(13-17)39-15-38-22)24-25-27(19-7-3-5-9-21(19)40-31(25)37)41-30-26(24)29-34-28(35-36(29)14-33-30)18-6-2-4-8-20(18)32/h2-11,13-14,16,24H,12,15H2,1H3. The molecule has 8 rings (SSSR count). The van der Waals surface area contributed by atoms with Crippen LogP contribution in [0.1, 0.15) is 29.5 Å². The van der Waals surface area contributed by atoms with Gasteiger partial charge in [0.1, 0.15) is 11.9 Å². The van der Waals surface area contributed by atoms with Gasteiger partial charge in [0.2, 0.25) is 12.7 Å². The number of hydrogen-bond donors (Lipinski definition) is 0. The maximum atomic E-state index is 13.7. The molecule has 2 unspecified atom stereocenters. The number of para-hydroxylation sites is 1. The van der Waals surface area contributed by atoms with Gasteiger partial charge in [-0.15, -0.1) is 5.10 Å². The van der Waals surface area contributed by atoms with Crippen LogP contribution in [-0.2, 0) is 6.42 Å².